The molecule has 0 amide bonds. The van der Waals surface area contributed by atoms with E-state index < -0.39 is 24.7 Å². The van der Waals surface area contributed by atoms with Crippen LogP contribution in [0.5, 0.6) is 5.75 Å². The number of fused-ring (bicyclic) bond motifs is 1. The number of cyclic esters (lactones) is 2. The summed E-state index contributed by atoms with van der Waals surface area (Å²) >= 11 is 0. The highest BCUT2D eigenvalue weighted by atomic mass is 19.4. The topological polar surface area (TPSA) is 52.6 Å². The molecule has 0 aromatic heterocycles. The molecule has 7 heteroatoms. The van der Waals surface area contributed by atoms with Crippen LogP contribution in [0.4, 0.5) is 13.2 Å². The molecule has 0 radical (unpaired) electrons. The van der Waals surface area contributed by atoms with E-state index in [0.29, 0.717) is 0 Å². The molecule has 90 valence electrons. The molecule has 0 spiro atoms. The van der Waals surface area contributed by atoms with Gasteiger partial charge in [0.2, 0.25) is 0 Å². The third kappa shape index (κ3) is 2.38. The van der Waals surface area contributed by atoms with Crippen LogP contribution in [0.2, 0.25) is 0 Å². The van der Waals surface area contributed by atoms with E-state index in [9.17, 15) is 22.8 Å². The van der Waals surface area contributed by atoms with Gasteiger partial charge in [0.05, 0.1) is 11.1 Å². The second kappa shape index (κ2) is 3.76. The predicted molar refractivity (Wildman–Crippen MR) is 47.7 cm³/mol. The third-order valence-electron chi connectivity index (χ3n) is 2.02. The van der Waals surface area contributed by atoms with E-state index in [4.69, 9.17) is 0 Å². The summed E-state index contributed by atoms with van der Waals surface area (Å²) in [7, 11) is 0. The third-order valence-corrected chi connectivity index (χ3v) is 2.02. The molecule has 0 atom stereocenters. The van der Waals surface area contributed by atoms with Gasteiger partial charge in [0.15, 0.2) is 6.61 Å². The van der Waals surface area contributed by atoms with Gasteiger partial charge in [-0.15, -0.1) is 0 Å². The normalized spacial score (nSPS) is 14.5. The second-order valence-corrected chi connectivity index (χ2v) is 3.29. The molecule has 2 rings (SSSR count). The molecule has 0 N–H and O–H groups in total. The van der Waals surface area contributed by atoms with Crippen molar-refractivity contribution < 1.29 is 32.2 Å². The number of ether oxygens (including phenoxy) is 2. The van der Waals surface area contributed by atoms with Crippen molar-refractivity contribution in [2.75, 3.05) is 6.61 Å². The fourth-order valence-electron chi connectivity index (χ4n) is 1.32. The van der Waals surface area contributed by atoms with Gasteiger partial charge in [-0.1, -0.05) is 0 Å². The average Bonchev–Trinajstić information content (AvgIpc) is 2.51. The zero-order valence-corrected chi connectivity index (χ0v) is 8.21. The van der Waals surface area contributed by atoms with Crippen LogP contribution >= 0.6 is 0 Å². The lowest BCUT2D eigenvalue weighted by Crippen LogP contribution is -2.19. The second-order valence-electron chi connectivity index (χ2n) is 3.29. The number of rotatable bonds is 2. The Balaban J connectivity index is 2.20. The first-order valence-electron chi connectivity index (χ1n) is 4.47. The first kappa shape index (κ1) is 11.4. The van der Waals surface area contributed by atoms with E-state index >= 15 is 0 Å². The molecule has 0 fully saturated rings. The average molecular weight is 246 g/mol. The molecule has 1 heterocycles. The molecule has 0 unspecified atom stereocenters. The minimum absolute atomic E-state index is 0.0226. The fraction of sp³-hybridized carbons (Fsp3) is 0.200. The predicted octanol–water partition coefficient (Wildman–Crippen LogP) is 1.94. The van der Waals surface area contributed by atoms with Crippen LogP contribution in [0, 0.1) is 0 Å². The summed E-state index contributed by atoms with van der Waals surface area (Å²) < 4.78 is 44.4. The number of carbonyl (C=O) groups is 2. The highest BCUT2D eigenvalue weighted by Crippen LogP contribution is 2.26. The smallest absolute Gasteiger partial charge is 0.422 e. The van der Waals surface area contributed by atoms with Crippen molar-refractivity contribution in [3.05, 3.63) is 29.3 Å². The van der Waals surface area contributed by atoms with E-state index in [0.717, 1.165) is 6.07 Å². The fourth-order valence-corrected chi connectivity index (χ4v) is 1.32. The molecule has 1 aliphatic heterocycles. The number of carbonyl (C=O) groups excluding carboxylic acids is 2. The Hall–Kier alpha value is -2.05. The first-order valence-corrected chi connectivity index (χ1v) is 4.47. The molecular formula is C10H5F3O4. The van der Waals surface area contributed by atoms with Crippen LogP contribution in [0.3, 0.4) is 0 Å². The zero-order chi connectivity index (χ0) is 12.6. The van der Waals surface area contributed by atoms with Gasteiger partial charge in [0, 0.05) is 0 Å². The van der Waals surface area contributed by atoms with Gasteiger partial charge in [-0.25, -0.2) is 9.59 Å². The molecule has 1 aliphatic rings. The monoisotopic (exact) mass is 246 g/mol. The molecule has 0 saturated heterocycles. The van der Waals surface area contributed by atoms with Gasteiger partial charge < -0.3 is 9.47 Å². The number of esters is 2. The molecule has 1 aromatic carbocycles. The van der Waals surface area contributed by atoms with E-state index in [-0.39, 0.29) is 16.9 Å². The van der Waals surface area contributed by atoms with Crippen LogP contribution in [0.25, 0.3) is 0 Å². The lowest BCUT2D eigenvalue weighted by molar-refractivity contribution is -0.153. The lowest BCUT2D eigenvalue weighted by atomic mass is 10.1. The van der Waals surface area contributed by atoms with Crippen molar-refractivity contribution in [1.29, 1.82) is 0 Å². The van der Waals surface area contributed by atoms with Gasteiger partial charge in [-0.3, -0.25) is 0 Å². The number of hydrogen-bond acceptors (Lipinski definition) is 4. The van der Waals surface area contributed by atoms with Crippen LogP contribution < -0.4 is 4.74 Å². The Kier molecular flexibility index (Phi) is 2.53. The molecular weight excluding hydrogens is 241 g/mol. The number of hydrogen-bond donors (Lipinski definition) is 0. The van der Waals surface area contributed by atoms with Crippen molar-refractivity contribution in [2.24, 2.45) is 0 Å². The molecule has 0 aliphatic carbocycles. The van der Waals surface area contributed by atoms with E-state index in [2.05, 4.69) is 9.47 Å². The summed E-state index contributed by atoms with van der Waals surface area (Å²) in [5, 5.41) is 0. The summed E-state index contributed by atoms with van der Waals surface area (Å²) in [6.45, 7) is -1.46. The Labute approximate surface area is 92.9 Å². The maximum atomic E-state index is 11.9. The van der Waals surface area contributed by atoms with Crippen LogP contribution in [0.15, 0.2) is 18.2 Å². The minimum Gasteiger partial charge on any atom is -0.484 e. The summed E-state index contributed by atoms with van der Waals surface area (Å²) in [5.41, 5.74) is -0.0657. The Bertz CT molecular complexity index is 493. The summed E-state index contributed by atoms with van der Waals surface area (Å²) in [6.07, 6.45) is -4.46. The van der Waals surface area contributed by atoms with E-state index in [1.807, 2.05) is 0 Å². The largest absolute Gasteiger partial charge is 0.484 e. The quantitative estimate of drug-likeness (QED) is 0.591. The van der Waals surface area contributed by atoms with Crippen molar-refractivity contribution in [2.45, 2.75) is 6.18 Å². The van der Waals surface area contributed by atoms with Crippen molar-refractivity contribution in [3.63, 3.8) is 0 Å². The highest BCUT2D eigenvalue weighted by Gasteiger charge is 2.31. The van der Waals surface area contributed by atoms with Crippen molar-refractivity contribution in [1.82, 2.24) is 0 Å². The van der Waals surface area contributed by atoms with E-state index in [1.54, 1.807) is 0 Å². The molecule has 4 nitrogen and oxygen atoms in total. The number of benzene rings is 1. The van der Waals surface area contributed by atoms with Gasteiger partial charge in [0.1, 0.15) is 5.75 Å². The lowest BCUT2D eigenvalue weighted by Gasteiger charge is -2.09. The summed E-state index contributed by atoms with van der Waals surface area (Å²) in [5.74, 6) is -1.84. The first-order chi connectivity index (χ1) is 7.87. The Morgan fingerprint density at radius 3 is 2.41 bits per heavy atom. The van der Waals surface area contributed by atoms with Gasteiger partial charge in [-0.2, -0.15) is 13.2 Å². The van der Waals surface area contributed by atoms with Crippen LogP contribution in [0.1, 0.15) is 20.7 Å². The van der Waals surface area contributed by atoms with Crippen LogP contribution in [-0.4, -0.2) is 24.7 Å². The summed E-state index contributed by atoms with van der Waals surface area (Å²) in [6, 6.07) is 3.41. The van der Waals surface area contributed by atoms with Crippen LogP contribution in [-0.2, 0) is 4.74 Å². The van der Waals surface area contributed by atoms with Crippen molar-refractivity contribution in [3.8, 4) is 5.75 Å². The maximum absolute atomic E-state index is 11.9. The van der Waals surface area contributed by atoms with Gasteiger partial charge in [-0.05, 0) is 18.2 Å². The minimum atomic E-state index is -4.46. The summed E-state index contributed by atoms with van der Waals surface area (Å²) in [4.78, 5) is 22.1. The highest BCUT2D eigenvalue weighted by molar-refractivity contribution is 6.14. The van der Waals surface area contributed by atoms with E-state index in [1.165, 1.54) is 12.1 Å². The SMILES string of the molecule is O=C1OC(=O)c2cc(OCC(F)(F)F)ccc21. The van der Waals surface area contributed by atoms with Crippen molar-refractivity contribution >= 4 is 11.9 Å². The maximum Gasteiger partial charge on any atom is 0.422 e. The number of alkyl halides is 3. The van der Waals surface area contributed by atoms with Gasteiger partial charge >= 0.3 is 18.1 Å². The Morgan fingerprint density at radius 2 is 1.76 bits per heavy atom. The Morgan fingerprint density at radius 1 is 1.12 bits per heavy atom. The standard InChI is InChI=1S/C10H5F3O4/c11-10(12,13)4-16-5-1-2-6-7(3-5)9(15)17-8(6)14/h1-3H,4H2. The molecule has 17 heavy (non-hydrogen) atoms. The number of halogens is 3. The van der Waals surface area contributed by atoms with Gasteiger partial charge in [0.25, 0.3) is 0 Å². The molecule has 1 aromatic rings. The molecule has 0 saturated carbocycles. The zero-order valence-electron chi connectivity index (χ0n) is 8.21. The molecule has 0 bridgehead atoms.